The van der Waals surface area contributed by atoms with Gasteiger partial charge in [-0.1, -0.05) is 18.6 Å². The van der Waals surface area contributed by atoms with Crippen molar-refractivity contribution in [2.24, 2.45) is 0 Å². The highest BCUT2D eigenvalue weighted by Crippen LogP contribution is 2.30. The lowest BCUT2D eigenvalue weighted by atomic mass is 10.2. The standard InChI is InChI=1S/C22H25FN2O4S/c1-16-6-9-18(23)19(14-16)24-22(26)11-8-17-7-10-20(29-2)21(15-17)30(27,28)25-12-4-3-5-13-25/h6-11,14-15H,3-5,12-13H2,1-2H3,(H,24,26)/b11-8+. The van der Waals surface area contributed by atoms with E-state index < -0.39 is 21.7 Å². The number of ether oxygens (including phenoxy) is 1. The second-order valence-corrected chi connectivity index (χ2v) is 9.09. The molecule has 8 heteroatoms. The topological polar surface area (TPSA) is 75.7 Å². The molecular formula is C22H25FN2O4S. The number of hydrogen-bond donors (Lipinski definition) is 1. The van der Waals surface area contributed by atoms with Crippen LogP contribution in [-0.2, 0) is 14.8 Å². The molecule has 2 aromatic carbocycles. The minimum Gasteiger partial charge on any atom is -0.495 e. The van der Waals surface area contributed by atoms with Crippen LogP contribution in [0.25, 0.3) is 6.08 Å². The van der Waals surface area contributed by atoms with Gasteiger partial charge in [0.05, 0.1) is 12.8 Å². The molecule has 3 rings (SSSR count). The number of halogens is 1. The molecule has 1 heterocycles. The first kappa shape index (κ1) is 22.0. The number of hydrogen-bond acceptors (Lipinski definition) is 4. The summed E-state index contributed by atoms with van der Waals surface area (Å²) in [6.07, 6.45) is 5.40. The summed E-state index contributed by atoms with van der Waals surface area (Å²) in [6.45, 7) is 2.76. The molecule has 160 valence electrons. The maximum absolute atomic E-state index is 13.8. The van der Waals surface area contributed by atoms with E-state index in [1.165, 1.54) is 41.8 Å². The van der Waals surface area contributed by atoms with Crippen molar-refractivity contribution in [3.8, 4) is 5.75 Å². The Morgan fingerprint density at radius 3 is 2.57 bits per heavy atom. The molecule has 1 amide bonds. The fourth-order valence-electron chi connectivity index (χ4n) is 3.32. The zero-order chi connectivity index (χ0) is 21.7. The fraction of sp³-hybridized carbons (Fsp3) is 0.318. The predicted octanol–water partition coefficient (Wildman–Crippen LogP) is 3.97. The van der Waals surface area contributed by atoms with E-state index in [2.05, 4.69) is 5.32 Å². The van der Waals surface area contributed by atoms with Crippen LogP contribution < -0.4 is 10.1 Å². The first-order valence-electron chi connectivity index (χ1n) is 9.74. The molecule has 1 saturated heterocycles. The molecule has 0 aliphatic carbocycles. The molecule has 1 N–H and O–H groups in total. The Kier molecular flexibility index (Phi) is 6.89. The Balaban J connectivity index is 1.82. The number of piperidine rings is 1. The molecule has 0 aromatic heterocycles. The van der Waals surface area contributed by atoms with E-state index in [9.17, 15) is 17.6 Å². The molecule has 0 unspecified atom stereocenters. The summed E-state index contributed by atoms with van der Waals surface area (Å²) in [5.41, 5.74) is 1.43. The maximum atomic E-state index is 13.8. The third kappa shape index (κ3) is 5.06. The van der Waals surface area contributed by atoms with Gasteiger partial charge < -0.3 is 10.1 Å². The van der Waals surface area contributed by atoms with Gasteiger partial charge in [-0.3, -0.25) is 4.79 Å². The molecule has 1 fully saturated rings. The van der Waals surface area contributed by atoms with Crippen LogP contribution in [0, 0.1) is 12.7 Å². The van der Waals surface area contributed by atoms with E-state index in [4.69, 9.17) is 4.74 Å². The highest BCUT2D eigenvalue weighted by molar-refractivity contribution is 7.89. The van der Waals surface area contributed by atoms with Crippen molar-refractivity contribution in [3.63, 3.8) is 0 Å². The van der Waals surface area contributed by atoms with Gasteiger partial charge in [-0.15, -0.1) is 0 Å². The van der Waals surface area contributed by atoms with Crippen LogP contribution in [0.1, 0.15) is 30.4 Å². The summed E-state index contributed by atoms with van der Waals surface area (Å²) in [5, 5.41) is 2.49. The molecule has 0 spiro atoms. The van der Waals surface area contributed by atoms with Gasteiger partial charge in [-0.2, -0.15) is 4.31 Å². The van der Waals surface area contributed by atoms with E-state index in [0.717, 1.165) is 24.8 Å². The van der Waals surface area contributed by atoms with Gasteiger partial charge in [0, 0.05) is 19.2 Å². The van der Waals surface area contributed by atoms with E-state index in [1.807, 2.05) is 0 Å². The largest absolute Gasteiger partial charge is 0.495 e. The normalized spacial score (nSPS) is 15.3. The average molecular weight is 433 g/mol. The van der Waals surface area contributed by atoms with Crippen molar-refractivity contribution >= 4 is 27.7 Å². The number of carbonyl (C=O) groups excluding carboxylic acids is 1. The summed E-state index contributed by atoms with van der Waals surface area (Å²) in [7, 11) is -2.28. The smallest absolute Gasteiger partial charge is 0.248 e. The maximum Gasteiger partial charge on any atom is 0.248 e. The van der Waals surface area contributed by atoms with Gasteiger partial charge >= 0.3 is 0 Å². The minimum atomic E-state index is -3.70. The van der Waals surface area contributed by atoms with Crippen molar-refractivity contribution in [1.82, 2.24) is 4.31 Å². The number of rotatable bonds is 6. The van der Waals surface area contributed by atoms with Gasteiger partial charge in [0.15, 0.2) is 0 Å². The minimum absolute atomic E-state index is 0.0687. The summed E-state index contributed by atoms with van der Waals surface area (Å²) >= 11 is 0. The van der Waals surface area contributed by atoms with Gasteiger partial charge in [-0.25, -0.2) is 12.8 Å². The molecule has 1 aliphatic heterocycles. The summed E-state index contributed by atoms with van der Waals surface area (Å²) in [6, 6.07) is 9.15. The highest BCUT2D eigenvalue weighted by Gasteiger charge is 2.29. The monoisotopic (exact) mass is 432 g/mol. The quantitative estimate of drug-likeness (QED) is 0.701. The Morgan fingerprint density at radius 2 is 1.87 bits per heavy atom. The van der Waals surface area contributed by atoms with Crippen LogP contribution in [0.15, 0.2) is 47.4 Å². The summed E-state index contributed by atoms with van der Waals surface area (Å²) in [4.78, 5) is 12.3. The molecule has 6 nitrogen and oxygen atoms in total. The molecule has 2 aromatic rings. The number of benzene rings is 2. The van der Waals surface area contributed by atoms with Crippen molar-refractivity contribution in [1.29, 1.82) is 0 Å². The van der Waals surface area contributed by atoms with Gasteiger partial charge in [-0.05, 0) is 61.2 Å². The Morgan fingerprint density at radius 1 is 1.13 bits per heavy atom. The third-order valence-corrected chi connectivity index (χ3v) is 6.85. The van der Waals surface area contributed by atoms with Crippen LogP contribution in [0.2, 0.25) is 0 Å². The number of amides is 1. The van der Waals surface area contributed by atoms with Crippen LogP contribution in [-0.4, -0.2) is 38.8 Å². The molecule has 30 heavy (non-hydrogen) atoms. The second-order valence-electron chi connectivity index (χ2n) is 7.18. The highest BCUT2D eigenvalue weighted by atomic mass is 32.2. The molecule has 0 atom stereocenters. The first-order valence-corrected chi connectivity index (χ1v) is 11.2. The number of carbonyl (C=O) groups is 1. The Labute approximate surface area is 176 Å². The molecule has 0 saturated carbocycles. The predicted molar refractivity (Wildman–Crippen MR) is 114 cm³/mol. The lowest BCUT2D eigenvalue weighted by molar-refractivity contribution is -0.111. The number of sulfonamides is 1. The second kappa shape index (κ2) is 9.40. The third-order valence-electron chi connectivity index (χ3n) is 4.93. The van der Waals surface area contributed by atoms with Crippen molar-refractivity contribution in [2.75, 3.05) is 25.5 Å². The van der Waals surface area contributed by atoms with E-state index >= 15 is 0 Å². The summed E-state index contributed by atoms with van der Waals surface area (Å²) < 4.78 is 46.7. The van der Waals surface area contributed by atoms with Crippen LogP contribution in [0.5, 0.6) is 5.75 Å². The van der Waals surface area contributed by atoms with E-state index in [0.29, 0.717) is 18.7 Å². The molecular weight excluding hydrogens is 407 g/mol. The molecule has 0 radical (unpaired) electrons. The Bertz CT molecular complexity index is 1060. The van der Waals surface area contributed by atoms with E-state index in [-0.39, 0.29) is 16.3 Å². The van der Waals surface area contributed by atoms with Crippen LogP contribution in [0.4, 0.5) is 10.1 Å². The van der Waals surface area contributed by atoms with Gasteiger partial charge in [0.25, 0.3) is 0 Å². The van der Waals surface area contributed by atoms with Crippen molar-refractivity contribution in [2.45, 2.75) is 31.1 Å². The van der Waals surface area contributed by atoms with Crippen LogP contribution in [0.3, 0.4) is 0 Å². The van der Waals surface area contributed by atoms with Gasteiger partial charge in [0.1, 0.15) is 16.5 Å². The number of anilines is 1. The number of nitrogens with one attached hydrogen (secondary N) is 1. The number of aryl methyl sites for hydroxylation is 1. The average Bonchev–Trinajstić information content (AvgIpc) is 2.75. The Hall–Kier alpha value is -2.71. The fourth-order valence-corrected chi connectivity index (χ4v) is 5.03. The summed E-state index contributed by atoms with van der Waals surface area (Å²) in [5.74, 6) is -0.790. The van der Waals surface area contributed by atoms with Crippen molar-refractivity contribution in [3.05, 3.63) is 59.4 Å². The zero-order valence-corrected chi connectivity index (χ0v) is 17.8. The molecule has 1 aliphatic rings. The zero-order valence-electron chi connectivity index (χ0n) is 17.0. The lowest BCUT2D eigenvalue weighted by Gasteiger charge is -2.26. The van der Waals surface area contributed by atoms with Crippen LogP contribution >= 0.6 is 0 Å². The SMILES string of the molecule is COc1ccc(/C=C/C(=O)Nc2cc(C)ccc2F)cc1S(=O)(=O)N1CCCCC1. The number of nitrogens with zero attached hydrogens (tertiary/aromatic N) is 1. The van der Waals surface area contributed by atoms with Gasteiger partial charge in [0.2, 0.25) is 15.9 Å². The van der Waals surface area contributed by atoms with E-state index in [1.54, 1.807) is 25.1 Å². The molecule has 0 bridgehead atoms. The lowest BCUT2D eigenvalue weighted by Crippen LogP contribution is -2.35. The van der Waals surface area contributed by atoms with Crippen molar-refractivity contribution < 1.29 is 22.3 Å². The number of methoxy groups -OCH3 is 1. The first-order chi connectivity index (χ1) is 14.3.